The molecular weight excluding hydrogens is 374 g/mol. The van der Waals surface area contributed by atoms with Crippen LogP contribution in [-0.2, 0) is 13.6 Å². The second-order valence-corrected chi connectivity index (χ2v) is 8.43. The Morgan fingerprint density at radius 3 is 2.73 bits per heavy atom. The van der Waals surface area contributed by atoms with Crippen LogP contribution < -0.4 is 15.4 Å². The van der Waals surface area contributed by atoms with E-state index in [-0.39, 0.29) is 11.6 Å². The highest BCUT2D eigenvalue weighted by molar-refractivity contribution is 5.80. The third-order valence-electron chi connectivity index (χ3n) is 6.54. The average Bonchev–Trinajstić information content (AvgIpc) is 3.35. The monoisotopic (exact) mass is 403 g/mol. The summed E-state index contributed by atoms with van der Waals surface area (Å²) < 4.78 is 8.62. The zero-order valence-electron chi connectivity index (χ0n) is 17.7. The number of aromatic nitrogens is 2. The molecule has 1 spiro atoms. The average molecular weight is 404 g/mol. The molecule has 1 aliphatic carbocycles. The number of hydrogen-bond acceptors (Lipinski definition) is 3. The van der Waals surface area contributed by atoms with E-state index in [9.17, 15) is 0 Å². The van der Waals surface area contributed by atoms with Crippen LogP contribution in [0.2, 0.25) is 0 Å². The molecule has 0 amide bonds. The van der Waals surface area contributed by atoms with Gasteiger partial charge in [-0.05, 0) is 43.9 Å². The highest BCUT2D eigenvalue weighted by atomic mass is 16.5. The molecule has 0 radical (unpaired) electrons. The van der Waals surface area contributed by atoms with Crippen LogP contribution in [0.3, 0.4) is 0 Å². The van der Waals surface area contributed by atoms with Crippen molar-refractivity contribution in [2.75, 3.05) is 7.05 Å². The van der Waals surface area contributed by atoms with Crippen molar-refractivity contribution >= 4 is 17.0 Å². The molecule has 6 heteroatoms. The highest BCUT2D eigenvalue weighted by Crippen LogP contribution is 2.46. The number of aliphatic imine (C=N–C) groups is 1. The summed E-state index contributed by atoms with van der Waals surface area (Å²) in [7, 11) is 3.88. The van der Waals surface area contributed by atoms with Crippen molar-refractivity contribution in [3.05, 3.63) is 59.9 Å². The molecule has 0 saturated heterocycles. The van der Waals surface area contributed by atoms with Gasteiger partial charge in [0.1, 0.15) is 17.2 Å². The Morgan fingerprint density at radius 2 is 1.93 bits per heavy atom. The minimum atomic E-state index is -0.0394. The van der Waals surface area contributed by atoms with E-state index < -0.39 is 0 Å². The van der Waals surface area contributed by atoms with E-state index in [1.165, 1.54) is 18.4 Å². The van der Waals surface area contributed by atoms with Crippen LogP contribution in [0.1, 0.15) is 49.5 Å². The summed E-state index contributed by atoms with van der Waals surface area (Å²) in [6.07, 6.45) is 5.72. The van der Waals surface area contributed by atoms with Gasteiger partial charge in [0.25, 0.3) is 0 Å². The molecule has 156 valence electrons. The Bertz CT molecular complexity index is 1080. The van der Waals surface area contributed by atoms with Crippen LogP contribution in [0.25, 0.3) is 11.0 Å². The van der Waals surface area contributed by atoms with Crippen molar-refractivity contribution in [1.82, 2.24) is 20.2 Å². The molecule has 0 bridgehead atoms. The first kappa shape index (κ1) is 19.0. The Morgan fingerprint density at radius 1 is 1.17 bits per heavy atom. The molecular formula is C24H29N5O. The largest absolute Gasteiger partial charge is 0.487 e. The van der Waals surface area contributed by atoms with Crippen LogP contribution in [-0.4, -0.2) is 28.2 Å². The molecule has 1 aliphatic heterocycles. The van der Waals surface area contributed by atoms with Gasteiger partial charge < -0.3 is 19.9 Å². The van der Waals surface area contributed by atoms with Gasteiger partial charge in [0.05, 0.1) is 23.6 Å². The number of benzene rings is 2. The summed E-state index contributed by atoms with van der Waals surface area (Å²) in [5.41, 5.74) is 3.32. The van der Waals surface area contributed by atoms with E-state index in [1.807, 2.05) is 25.2 Å². The standard InChI is InChI=1S/C24H29N5O/c1-25-23(26-16-22-27-18-10-4-5-11-20(18)29(22)2)28-19-15-24(13-7-8-14-24)30-21-12-6-3-9-17(19)21/h3-6,9-12,19H,7-8,13-16H2,1-2H3,(H2,25,26,28). The van der Waals surface area contributed by atoms with E-state index >= 15 is 0 Å². The summed E-state index contributed by atoms with van der Waals surface area (Å²) in [5, 5.41) is 7.12. The lowest BCUT2D eigenvalue weighted by molar-refractivity contribution is 0.0396. The van der Waals surface area contributed by atoms with Gasteiger partial charge in [-0.3, -0.25) is 4.99 Å². The Kier molecular flexibility index (Phi) is 4.85. The van der Waals surface area contributed by atoms with Gasteiger partial charge in [-0.15, -0.1) is 0 Å². The number of hydrogen-bond donors (Lipinski definition) is 2. The molecule has 1 aromatic heterocycles. The second-order valence-electron chi connectivity index (χ2n) is 8.43. The van der Waals surface area contributed by atoms with Crippen molar-refractivity contribution in [3.63, 3.8) is 0 Å². The van der Waals surface area contributed by atoms with Gasteiger partial charge >= 0.3 is 0 Å². The van der Waals surface area contributed by atoms with Gasteiger partial charge in [-0.1, -0.05) is 30.3 Å². The minimum Gasteiger partial charge on any atom is -0.487 e. The maximum Gasteiger partial charge on any atom is 0.191 e. The lowest BCUT2D eigenvalue weighted by Gasteiger charge is -2.40. The first-order valence-corrected chi connectivity index (χ1v) is 10.8. The third kappa shape index (κ3) is 3.40. The molecule has 5 rings (SSSR count). The quantitative estimate of drug-likeness (QED) is 0.511. The van der Waals surface area contributed by atoms with Gasteiger partial charge in [-0.2, -0.15) is 0 Å². The van der Waals surface area contributed by atoms with Crippen LogP contribution >= 0.6 is 0 Å². The van der Waals surface area contributed by atoms with E-state index in [1.54, 1.807) is 0 Å². The fraction of sp³-hybridized carbons (Fsp3) is 0.417. The number of para-hydroxylation sites is 3. The first-order valence-electron chi connectivity index (χ1n) is 10.8. The summed E-state index contributed by atoms with van der Waals surface area (Å²) in [5.74, 6) is 2.78. The second kappa shape index (κ2) is 7.67. The normalized spacial score (nSPS) is 20.2. The van der Waals surface area contributed by atoms with Crippen LogP contribution in [0, 0.1) is 0 Å². The van der Waals surface area contributed by atoms with Gasteiger partial charge in [0.15, 0.2) is 5.96 Å². The lowest BCUT2D eigenvalue weighted by atomic mass is 9.86. The van der Waals surface area contributed by atoms with Crippen molar-refractivity contribution < 1.29 is 4.74 Å². The number of rotatable bonds is 3. The number of aryl methyl sites for hydroxylation is 1. The van der Waals surface area contributed by atoms with Crippen LogP contribution in [0.4, 0.5) is 0 Å². The molecule has 2 N–H and O–H groups in total. The fourth-order valence-electron chi connectivity index (χ4n) is 4.95. The topological polar surface area (TPSA) is 63.5 Å². The zero-order chi connectivity index (χ0) is 20.6. The number of nitrogens with one attached hydrogen (secondary N) is 2. The van der Waals surface area contributed by atoms with Crippen molar-refractivity contribution in [2.24, 2.45) is 12.0 Å². The number of nitrogens with zero attached hydrogens (tertiary/aromatic N) is 3. The highest BCUT2D eigenvalue weighted by Gasteiger charge is 2.43. The molecule has 2 heterocycles. The molecule has 6 nitrogen and oxygen atoms in total. The Balaban J connectivity index is 1.34. The van der Waals surface area contributed by atoms with Crippen molar-refractivity contribution in [1.29, 1.82) is 0 Å². The zero-order valence-corrected chi connectivity index (χ0v) is 17.7. The van der Waals surface area contributed by atoms with Gasteiger partial charge in [-0.25, -0.2) is 4.98 Å². The molecule has 30 heavy (non-hydrogen) atoms. The maximum atomic E-state index is 6.49. The van der Waals surface area contributed by atoms with Crippen molar-refractivity contribution in [3.8, 4) is 5.75 Å². The number of imidazole rings is 1. The summed E-state index contributed by atoms with van der Waals surface area (Å²) >= 11 is 0. The molecule has 1 atom stereocenters. The number of guanidine groups is 1. The minimum absolute atomic E-state index is 0.0394. The van der Waals surface area contributed by atoms with Crippen LogP contribution in [0.5, 0.6) is 5.75 Å². The number of ether oxygens (including phenoxy) is 1. The fourth-order valence-corrected chi connectivity index (χ4v) is 4.95. The first-order chi connectivity index (χ1) is 14.7. The summed E-state index contributed by atoms with van der Waals surface area (Å²) in [6.45, 7) is 0.612. The van der Waals surface area contributed by atoms with E-state index in [2.05, 4.69) is 57.6 Å². The lowest BCUT2D eigenvalue weighted by Crippen LogP contribution is -2.46. The van der Waals surface area contributed by atoms with E-state index in [4.69, 9.17) is 9.72 Å². The Hall–Kier alpha value is -3.02. The maximum absolute atomic E-state index is 6.49. The van der Waals surface area contributed by atoms with Gasteiger partial charge in [0, 0.05) is 26.1 Å². The molecule has 1 unspecified atom stereocenters. The molecule has 2 aromatic carbocycles. The molecule has 3 aromatic rings. The summed E-state index contributed by atoms with van der Waals surface area (Å²) in [6, 6.07) is 16.8. The number of fused-ring (bicyclic) bond motifs is 2. The Labute approximate surface area is 177 Å². The molecule has 1 fully saturated rings. The van der Waals surface area contributed by atoms with E-state index in [0.29, 0.717) is 6.54 Å². The van der Waals surface area contributed by atoms with Gasteiger partial charge in [0.2, 0.25) is 0 Å². The smallest absolute Gasteiger partial charge is 0.191 e. The summed E-state index contributed by atoms with van der Waals surface area (Å²) in [4.78, 5) is 9.24. The van der Waals surface area contributed by atoms with E-state index in [0.717, 1.165) is 47.8 Å². The third-order valence-corrected chi connectivity index (χ3v) is 6.54. The SMILES string of the molecule is CN=C(NCc1nc2ccccc2n1C)NC1CC2(CCCC2)Oc2ccccc21. The van der Waals surface area contributed by atoms with Crippen molar-refractivity contribution in [2.45, 2.75) is 50.3 Å². The molecule has 2 aliphatic rings. The predicted octanol–water partition coefficient (Wildman–Crippen LogP) is 4.07. The van der Waals surface area contributed by atoms with Crippen LogP contribution in [0.15, 0.2) is 53.5 Å². The predicted molar refractivity (Wildman–Crippen MR) is 120 cm³/mol. The molecule has 1 saturated carbocycles.